The molecule has 0 saturated carbocycles. The molecule has 1 fully saturated rings. The summed E-state index contributed by atoms with van der Waals surface area (Å²) in [7, 11) is 0. The number of nitrogens with one attached hydrogen (secondary N) is 1. The van der Waals surface area contributed by atoms with Crippen molar-refractivity contribution in [1.82, 2.24) is 4.98 Å². The maximum atomic E-state index is 13.0. The Bertz CT molecular complexity index is 823. The fraction of sp³-hybridized carbons (Fsp3) is 0.333. The molecule has 4 nitrogen and oxygen atoms in total. The zero-order valence-electron chi connectivity index (χ0n) is 14.1. The summed E-state index contributed by atoms with van der Waals surface area (Å²) in [5.41, 5.74) is 0.647. The van der Waals surface area contributed by atoms with Gasteiger partial charge in [-0.1, -0.05) is 0 Å². The standard InChI is InChI=1S/C18H18F3N3OS/c1-12-22-14(11-26-12)5-7-17(25)23-15-10-13(18(19,20)21)4-6-16(15)24-8-2-3-9-24/h4-7,10-11H,2-3,8-9H2,1H3,(H,23,25)/b7-5+. The molecule has 0 unspecified atom stereocenters. The van der Waals surface area contributed by atoms with Gasteiger partial charge in [0.25, 0.3) is 0 Å². The lowest BCUT2D eigenvalue weighted by Gasteiger charge is -2.22. The Morgan fingerprint density at radius 2 is 2.04 bits per heavy atom. The Labute approximate surface area is 153 Å². The minimum Gasteiger partial charge on any atom is -0.370 e. The van der Waals surface area contributed by atoms with E-state index in [0.717, 1.165) is 43.1 Å². The molecule has 8 heteroatoms. The average Bonchev–Trinajstić information content (AvgIpc) is 3.24. The van der Waals surface area contributed by atoms with E-state index >= 15 is 0 Å². The fourth-order valence-corrected chi connectivity index (χ4v) is 3.42. The maximum absolute atomic E-state index is 13.0. The molecule has 26 heavy (non-hydrogen) atoms. The van der Waals surface area contributed by atoms with Crippen LogP contribution in [0, 0.1) is 6.92 Å². The number of hydrogen-bond acceptors (Lipinski definition) is 4. The first-order valence-corrected chi connectivity index (χ1v) is 9.08. The molecule has 0 radical (unpaired) electrons. The summed E-state index contributed by atoms with van der Waals surface area (Å²) in [5, 5.41) is 5.26. The Hall–Kier alpha value is -2.35. The van der Waals surface area contributed by atoms with E-state index in [1.165, 1.54) is 23.5 Å². The topological polar surface area (TPSA) is 45.2 Å². The van der Waals surface area contributed by atoms with Crippen LogP contribution in [0.25, 0.3) is 6.08 Å². The molecule has 1 saturated heterocycles. The number of hydrogen-bond donors (Lipinski definition) is 1. The van der Waals surface area contributed by atoms with E-state index in [-0.39, 0.29) is 5.69 Å². The lowest BCUT2D eigenvalue weighted by atomic mass is 10.1. The lowest BCUT2D eigenvalue weighted by Crippen LogP contribution is -2.21. The van der Waals surface area contributed by atoms with Gasteiger partial charge in [0.05, 0.1) is 27.6 Å². The molecule has 1 N–H and O–H groups in total. The van der Waals surface area contributed by atoms with Gasteiger partial charge in [-0.3, -0.25) is 4.79 Å². The summed E-state index contributed by atoms with van der Waals surface area (Å²) in [5.74, 6) is -0.490. The number of alkyl halides is 3. The molecular weight excluding hydrogens is 363 g/mol. The Morgan fingerprint density at radius 1 is 1.31 bits per heavy atom. The van der Waals surface area contributed by atoms with Gasteiger partial charge in [-0.05, 0) is 44.0 Å². The van der Waals surface area contributed by atoms with Crippen molar-refractivity contribution in [1.29, 1.82) is 0 Å². The highest BCUT2D eigenvalue weighted by Gasteiger charge is 2.31. The Kier molecular flexibility index (Phi) is 5.31. The van der Waals surface area contributed by atoms with Crippen LogP contribution >= 0.6 is 11.3 Å². The van der Waals surface area contributed by atoms with Crippen LogP contribution in [0.2, 0.25) is 0 Å². The predicted molar refractivity (Wildman–Crippen MR) is 97.4 cm³/mol. The van der Waals surface area contributed by atoms with Crippen LogP contribution in [0.4, 0.5) is 24.5 Å². The summed E-state index contributed by atoms with van der Waals surface area (Å²) in [6.07, 6.45) is 0.330. The molecule has 3 rings (SSSR count). The van der Waals surface area contributed by atoms with E-state index in [9.17, 15) is 18.0 Å². The zero-order chi connectivity index (χ0) is 18.7. The normalized spacial score (nSPS) is 15.0. The summed E-state index contributed by atoms with van der Waals surface area (Å²) >= 11 is 1.46. The zero-order valence-corrected chi connectivity index (χ0v) is 15.0. The highest BCUT2D eigenvalue weighted by atomic mass is 32.1. The van der Waals surface area contributed by atoms with Gasteiger partial charge in [0, 0.05) is 24.5 Å². The number of thiazole rings is 1. The third-order valence-corrected chi connectivity index (χ3v) is 4.86. The minimum absolute atomic E-state index is 0.172. The van der Waals surface area contributed by atoms with Gasteiger partial charge in [0.15, 0.2) is 0 Å². The van der Waals surface area contributed by atoms with Gasteiger partial charge in [0.2, 0.25) is 5.91 Å². The van der Waals surface area contributed by atoms with Crippen molar-refractivity contribution in [2.24, 2.45) is 0 Å². The number of rotatable bonds is 4. The van der Waals surface area contributed by atoms with Gasteiger partial charge >= 0.3 is 6.18 Å². The molecule has 0 bridgehead atoms. The Balaban J connectivity index is 1.83. The van der Waals surface area contributed by atoms with E-state index in [2.05, 4.69) is 10.3 Å². The van der Waals surface area contributed by atoms with Crippen molar-refractivity contribution < 1.29 is 18.0 Å². The first-order chi connectivity index (χ1) is 12.3. The second kappa shape index (κ2) is 7.49. The second-order valence-electron chi connectivity index (χ2n) is 6.04. The quantitative estimate of drug-likeness (QED) is 0.780. The number of aryl methyl sites for hydroxylation is 1. The van der Waals surface area contributed by atoms with E-state index in [4.69, 9.17) is 0 Å². The summed E-state index contributed by atoms with van der Waals surface area (Å²) in [4.78, 5) is 18.4. The van der Waals surface area contributed by atoms with Crippen molar-refractivity contribution >= 4 is 34.7 Å². The molecule has 1 aromatic carbocycles. The summed E-state index contributed by atoms with van der Waals surface area (Å²) < 4.78 is 39.1. The number of anilines is 2. The fourth-order valence-electron chi connectivity index (χ4n) is 2.84. The van der Waals surface area contributed by atoms with Crippen molar-refractivity contribution in [2.75, 3.05) is 23.3 Å². The number of nitrogens with zero attached hydrogens (tertiary/aromatic N) is 2. The molecule has 0 atom stereocenters. The van der Waals surface area contributed by atoms with E-state index < -0.39 is 17.6 Å². The van der Waals surface area contributed by atoms with Crippen LogP contribution in [0.5, 0.6) is 0 Å². The van der Waals surface area contributed by atoms with Gasteiger partial charge in [-0.25, -0.2) is 4.98 Å². The summed E-state index contributed by atoms with van der Waals surface area (Å²) in [6, 6.07) is 3.47. The monoisotopic (exact) mass is 381 g/mol. The molecule has 1 amide bonds. The van der Waals surface area contributed by atoms with Crippen LogP contribution < -0.4 is 10.2 Å². The van der Waals surface area contributed by atoms with E-state index in [1.807, 2.05) is 11.8 Å². The minimum atomic E-state index is -4.46. The highest BCUT2D eigenvalue weighted by Crippen LogP contribution is 2.36. The second-order valence-corrected chi connectivity index (χ2v) is 7.10. The van der Waals surface area contributed by atoms with Crippen molar-refractivity contribution in [3.63, 3.8) is 0 Å². The highest BCUT2D eigenvalue weighted by molar-refractivity contribution is 7.09. The van der Waals surface area contributed by atoms with E-state index in [0.29, 0.717) is 11.4 Å². The molecule has 0 aliphatic carbocycles. The van der Waals surface area contributed by atoms with Crippen LogP contribution in [-0.2, 0) is 11.0 Å². The first-order valence-electron chi connectivity index (χ1n) is 8.20. The average molecular weight is 381 g/mol. The molecule has 2 heterocycles. The number of amides is 1. The predicted octanol–water partition coefficient (Wildman–Crippen LogP) is 4.72. The van der Waals surface area contributed by atoms with Gasteiger partial charge in [0.1, 0.15) is 0 Å². The molecule has 1 aliphatic rings. The molecule has 0 spiro atoms. The van der Waals surface area contributed by atoms with Crippen LogP contribution in [0.15, 0.2) is 29.7 Å². The molecule has 2 aromatic rings. The Morgan fingerprint density at radius 3 is 2.65 bits per heavy atom. The SMILES string of the molecule is Cc1nc(/C=C/C(=O)Nc2cc(C(F)(F)F)ccc2N2CCCC2)cs1. The maximum Gasteiger partial charge on any atom is 0.416 e. The number of aromatic nitrogens is 1. The number of halogens is 3. The van der Waals surface area contributed by atoms with Crippen LogP contribution in [0.3, 0.4) is 0 Å². The number of carbonyl (C=O) groups excluding carboxylic acids is 1. The van der Waals surface area contributed by atoms with Crippen molar-refractivity contribution in [2.45, 2.75) is 25.9 Å². The first kappa shape index (κ1) is 18.4. The van der Waals surface area contributed by atoms with Crippen molar-refractivity contribution in [3.05, 3.63) is 45.9 Å². The lowest BCUT2D eigenvalue weighted by molar-refractivity contribution is -0.137. The smallest absolute Gasteiger partial charge is 0.370 e. The number of carbonyl (C=O) groups is 1. The van der Waals surface area contributed by atoms with Crippen LogP contribution in [0.1, 0.15) is 29.1 Å². The molecular formula is C18H18F3N3OS. The van der Waals surface area contributed by atoms with Crippen LogP contribution in [-0.4, -0.2) is 24.0 Å². The summed E-state index contributed by atoms with van der Waals surface area (Å²) in [6.45, 7) is 3.39. The van der Waals surface area contributed by atoms with Gasteiger partial charge in [-0.15, -0.1) is 11.3 Å². The molecule has 1 aliphatic heterocycles. The van der Waals surface area contributed by atoms with E-state index in [1.54, 1.807) is 11.5 Å². The molecule has 1 aromatic heterocycles. The third kappa shape index (κ3) is 4.43. The van der Waals surface area contributed by atoms with Gasteiger partial charge in [-0.2, -0.15) is 13.2 Å². The van der Waals surface area contributed by atoms with Crippen molar-refractivity contribution in [3.8, 4) is 0 Å². The largest absolute Gasteiger partial charge is 0.416 e. The third-order valence-electron chi connectivity index (χ3n) is 4.07. The number of benzene rings is 1. The molecule has 138 valence electrons. The van der Waals surface area contributed by atoms with Gasteiger partial charge < -0.3 is 10.2 Å².